The van der Waals surface area contributed by atoms with Gasteiger partial charge in [-0.25, -0.2) is 9.97 Å². The molecule has 13 heavy (non-hydrogen) atoms. The van der Waals surface area contributed by atoms with Crippen LogP contribution in [0.25, 0.3) is 0 Å². The third-order valence-electron chi connectivity index (χ3n) is 2.11. The molecule has 1 aromatic heterocycles. The van der Waals surface area contributed by atoms with Gasteiger partial charge in [0.2, 0.25) is 0 Å². The van der Waals surface area contributed by atoms with E-state index < -0.39 is 0 Å². The molecule has 0 saturated carbocycles. The van der Waals surface area contributed by atoms with Gasteiger partial charge in [-0.3, -0.25) is 0 Å². The Balaban J connectivity index is 2.21. The molecule has 1 fully saturated rings. The van der Waals surface area contributed by atoms with Crippen LogP contribution >= 0.6 is 11.6 Å². The Morgan fingerprint density at radius 1 is 1.62 bits per heavy atom. The molecule has 0 unspecified atom stereocenters. The first kappa shape index (κ1) is 8.72. The molecule has 0 bridgehead atoms. The summed E-state index contributed by atoms with van der Waals surface area (Å²) in [5, 5.41) is 9.86. The fraction of sp³-hybridized carbons (Fsp3) is 0.500. The van der Waals surface area contributed by atoms with Gasteiger partial charge in [-0.05, 0) is 6.42 Å². The van der Waals surface area contributed by atoms with Crippen molar-refractivity contribution in [3.63, 3.8) is 0 Å². The van der Waals surface area contributed by atoms with Crippen LogP contribution in [0.2, 0.25) is 5.02 Å². The first-order chi connectivity index (χ1) is 6.27. The third kappa shape index (κ3) is 1.73. The lowest BCUT2D eigenvalue weighted by Gasteiger charge is -2.16. The molecule has 1 saturated heterocycles. The summed E-state index contributed by atoms with van der Waals surface area (Å²) in [6.45, 7) is 1.41. The van der Waals surface area contributed by atoms with Crippen LogP contribution in [0.15, 0.2) is 12.5 Å². The van der Waals surface area contributed by atoms with E-state index in [2.05, 4.69) is 9.97 Å². The summed E-state index contributed by atoms with van der Waals surface area (Å²) in [6, 6.07) is 0. The van der Waals surface area contributed by atoms with Gasteiger partial charge in [-0.2, -0.15) is 0 Å². The molecule has 1 aliphatic heterocycles. The minimum Gasteiger partial charge on any atom is -0.391 e. The summed E-state index contributed by atoms with van der Waals surface area (Å²) in [5.74, 6) is 0.716. The van der Waals surface area contributed by atoms with E-state index in [0.717, 1.165) is 13.0 Å². The zero-order chi connectivity index (χ0) is 9.26. The molecule has 5 heteroatoms. The van der Waals surface area contributed by atoms with Crippen molar-refractivity contribution in [2.75, 3.05) is 18.0 Å². The van der Waals surface area contributed by atoms with Crippen LogP contribution in [-0.4, -0.2) is 34.3 Å². The van der Waals surface area contributed by atoms with Gasteiger partial charge in [-0.1, -0.05) is 11.6 Å². The normalized spacial score (nSPS) is 22.3. The van der Waals surface area contributed by atoms with E-state index in [0.29, 0.717) is 17.4 Å². The number of hydrogen-bond donors (Lipinski definition) is 1. The SMILES string of the molecule is O[C@@H]1CCN(c2ncncc2Cl)C1. The maximum atomic E-state index is 9.32. The average molecular weight is 200 g/mol. The van der Waals surface area contributed by atoms with Crippen LogP contribution in [0.5, 0.6) is 0 Å². The molecule has 0 spiro atoms. The van der Waals surface area contributed by atoms with Gasteiger partial charge in [0.1, 0.15) is 11.3 Å². The fourth-order valence-corrected chi connectivity index (χ4v) is 1.70. The number of nitrogens with zero attached hydrogens (tertiary/aromatic N) is 3. The monoisotopic (exact) mass is 199 g/mol. The number of anilines is 1. The van der Waals surface area contributed by atoms with Gasteiger partial charge in [0.25, 0.3) is 0 Å². The van der Waals surface area contributed by atoms with Crippen molar-refractivity contribution >= 4 is 17.4 Å². The minimum absolute atomic E-state index is 0.258. The van der Waals surface area contributed by atoms with E-state index in [-0.39, 0.29) is 6.10 Å². The third-order valence-corrected chi connectivity index (χ3v) is 2.38. The number of hydrogen-bond acceptors (Lipinski definition) is 4. The minimum atomic E-state index is -0.258. The Morgan fingerprint density at radius 2 is 2.46 bits per heavy atom. The van der Waals surface area contributed by atoms with E-state index in [1.807, 2.05) is 4.90 Å². The number of aliphatic hydroxyl groups excluding tert-OH is 1. The molecule has 1 atom stereocenters. The van der Waals surface area contributed by atoms with Gasteiger partial charge < -0.3 is 10.0 Å². The Labute approximate surface area is 81.2 Å². The number of halogens is 1. The van der Waals surface area contributed by atoms with E-state index in [1.54, 1.807) is 6.20 Å². The van der Waals surface area contributed by atoms with Crippen molar-refractivity contribution in [3.8, 4) is 0 Å². The quantitative estimate of drug-likeness (QED) is 0.724. The second kappa shape index (κ2) is 3.47. The van der Waals surface area contributed by atoms with Crippen LogP contribution < -0.4 is 4.90 Å². The number of β-amino-alcohol motifs (C(OH)–C–C–N with tert-alkyl or cyclic N) is 1. The zero-order valence-electron chi connectivity index (χ0n) is 7.02. The Morgan fingerprint density at radius 3 is 3.08 bits per heavy atom. The van der Waals surface area contributed by atoms with E-state index >= 15 is 0 Å². The van der Waals surface area contributed by atoms with Crippen LogP contribution in [-0.2, 0) is 0 Å². The molecule has 0 aromatic carbocycles. The molecule has 0 radical (unpaired) electrons. The summed E-state index contributed by atoms with van der Waals surface area (Å²) in [7, 11) is 0. The van der Waals surface area contributed by atoms with Gasteiger partial charge in [0, 0.05) is 13.1 Å². The van der Waals surface area contributed by atoms with Crippen LogP contribution in [0.1, 0.15) is 6.42 Å². The number of rotatable bonds is 1. The highest BCUT2D eigenvalue weighted by Gasteiger charge is 2.22. The number of aliphatic hydroxyl groups is 1. The molecule has 2 rings (SSSR count). The zero-order valence-corrected chi connectivity index (χ0v) is 7.78. The molecular weight excluding hydrogens is 190 g/mol. The van der Waals surface area contributed by atoms with E-state index in [1.165, 1.54) is 6.33 Å². The largest absolute Gasteiger partial charge is 0.391 e. The smallest absolute Gasteiger partial charge is 0.150 e. The highest BCUT2D eigenvalue weighted by atomic mass is 35.5. The maximum absolute atomic E-state index is 9.32. The molecule has 0 amide bonds. The van der Waals surface area contributed by atoms with Gasteiger partial charge in [-0.15, -0.1) is 0 Å². The summed E-state index contributed by atoms with van der Waals surface area (Å²) < 4.78 is 0. The highest BCUT2D eigenvalue weighted by molar-refractivity contribution is 6.32. The van der Waals surface area contributed by atoms with Crippen molar-refractivity contribution in [1.29, 1.82) is 0 Å². The Hall–Kier alpha value is -0.870. The van der Waals surface area contributed by atoms with E-state index in [4.69, 9.17) is 11.6 Å². The van der Waals surface area contributed by atoms with Crippen molar-refractivity contribution < 1.29 is 5.11 Å². The molecule has 0 aliphatic carbocycles. The molecule has 2 heterocycles. The number of aromatic nitrogens is 2. The lowest BCUT2D eigenvalue weighted by Crippen LogP contribution is -2.22. The molecule has 4 nitrogen and oxygen atoms in total. The highest BCUT2D eigenvalue weighted by Crippen LogP contribution is 2.24. The summed E-state index contributed by atoms with van der Waals surface area (Å²) in [6.07, 6.45) is 3.55. The molecular formula is C8H10ClN3O. The van der Waals surface area contributed by atoms with Crippen molar-refractivity contribution in [1.82, 2.24) is 9.97 Å². The van der Waals surface area contributed by atoms with Crippen LogP contribution in [0.3, 0.4) is 0 Å². The van der Waals surface area contributed by atoms with Crippen molar-refractivity contribution in [3.05, 3.63) is 17.5 Å². The maximum Gasteiger partial charge on any atom is 0.150 e. The molecule has 1 aromatic rings. The predicted molar refractivity (Wildman–Crippen MR) is 49.9 cm³/mol. The second-order valence-corrected chi connectivity index (χ2v) is 3.49. The molecule has 1 aliphatic rings. The summed E-state index contributed by atoms with van der Waals surface area (Å²) in [5.41, 5.74) is 0. The van der Waals surface area contributed by atoms with Crippen LogP contribution in [0.4, 0.5) is 5.82 Å². The lowest BCUT2D eigenvalue weighted by atomic mass is 10.3. The average Bonchev–Trinajstić information content (AvgIpc) is 2.53. The lowest BCUT2D eigenvalue weighted by molar-refractivity contribution is 0.198. The first-order valence-electron chi connectivity index (χ1n) is 4.16. The van der Waals surface area contributed by atoms with Gasteiger partial charge >= 0.3 is 0 Å². The summed E-state index contributed by atoms with van der Waals surface area (Å²) >= 11 is 5.90. The standard InChI is InChI=1S/C8H10ClN3O/c9-7-3-10-5-11-8(7)12-2-1-6(13)4-12/h3,5-6,13H,1-2,4H2/t6-/m1/s1. The Bertz CT molecular complexity index is 307. The fourth-order valence-electron chi connectivity index (χ4n) is 1.47. The first-order valence-corrected chi connectivity index (χ1v) is 4.53. The van der Waals surface area contributed by atoms with Crippen LogP contribution in [0, 0.1) is 0 Å². The molecule has 1 N–H and O–H groups in total. The van der Waals surface area contributed by atoms with Gasteiger partial charge in [0.05, 0.1) is 12.3 Å². The van der Waals surface area contributed by atoms with E-state index in [9.17, 15) is 5.11 Å². The predicted octanol–water partition coefficient (Wildman–Crippen LogP) is 0.701. The van der Waals surface area contributed by atoms with Crippen molar-refractivity contribution in [2.45, 2.75) is 12.5 Å². The summed E-state index contributed by atoms with van der Waals surface area (Å²) in [4.78, 5) is 9.84. The van der Waals surface area contributed by atoms with Gasteiger partial charge in [0.15, 0.2) is 5.82 Å². The second-order valence-electron chi connectivity index (χ2n) is 3.08. The topological polar surface area (TPSA) is 49.2 Å². The molecule has 70 valence electrons. The Kier molecular flexibility index (Phi) is 2.33. The van der Waals surface area contributed by atoms with Crippen molar-refractivity contribution in [2.24, 2.45) is 0 Å².